The molecule has 0 saturated heterocycles. The third-order valence-electron chi connectivity index (χ3n) is 3.33. The summed E-state index contributed by atoms with van der Waals surface area (Å²) < 4.78 is 10.2. The first-order chi connectivity index (χ1) is 10.5. The van der Waals surface area contributed by atoms with Gasteiger partial charge < -0.3 is 20.1 Å². The summed E-state index contributed by atoms with van der Waals surface area (Å²) in [5, 5.41) is 0. The number of esters is 2. The van der Waals surface area contributed by atoms with E-state index in [1.165, 1.54) is 6.07 Å². The Balaban J connectivity index is 0.00000484. The number of benzene rings is 1. The third-order valence-corrected chi connectivity index (χ3v) is 3.33. The van der Waals surface area contributed by atoms with Crippen molar-refractivity contribution in [3.8, 4) is 0 Å². The van der Waals surface area contributed by atoms with E-state index in [4.69, 9.17) is 15.2 Å². The number of hydrogen-bond donors (Lipinski definition) is 1. The molecule has 7 heteroatoms. The highest BCUT2D eigenvalue weighted by Gasteiger charge is 2.22. The number of nitrogen functional groups attached to an aromatic ring is 1. The number of hydrogen-bond acceptors (Lipinski definition) is 6. The van der Waals surface area contributed by atoms with Crippen molar-refractivity contribution in [2.24, 2.45) is 0 Å². The van der Waals surface area contributed by atoms with Crippen LogP contribution in [-0.2, 0) is 9.47 Å². The SMILES string of the molecule is CCOC(=O)c1cccc(N)c1C(=O)OCCN(CC)CC.Cl. The van der Waals surface area contributed by atoms with Crippen LogP contribution in [-0.4, -0.2) is 49.7 Å². The molecule has 1 aromatic rings. The fourth-order valence-electron chi connectivity index (χ4n) is 2.06. The van der Waals surface area contributed by atoms with Crippen molar-refractivity contribution >= 4 is 30.0 Å². The number of carbonyl (C=O) groups is 2. The minimum atomic E-state index is -0.603. The zero-order valence-electron chi connectivity index (χ0n) is 13.8. The first-order valence-electron chi connectivity index (χ1n) is 7.50. The Morgan fingerprint density at radius 2 is 1.74 bits per heavy atom. The van der Waals surface area contributed by atoms with Gasteiger partial charge in [0.1, 0.15) is 6.61 Å². The number of likely N-dealkylation sites (N-methyl/N-ethyl adjacent to an activating group) is 1. The summed E-state index contributed by atoms with van der Waals surface area (Å²) in [5.41, 5.74) is 6.23. The lowest BCUT2D eigenvalue weighted by atomic mass is 10.1. The average Bonchev–Trinajstić information content (AvgIpc) is 2.51. The van der Waals surface area contributed by atoms with Crippen LogP contribution in [0.25, 0.3) is 0 Å². The quantitative estimate of drug-likeness (QED) is 0.576. The van der Waals surface area contributed by atoms with E-state index in [2.05, 4.69) is 4.90 Å². The molecule has 0 saturated carbocycles. The molecular formula is C16H25ClN2O4. The molecule has 0 aliphatic heterocycles. The molecule has 0 aromatic heterocycles. The minimum Gasteiger partial charge on any atom is -0.462 e. The van der Waals surface area contributed by atoms with E-state index in [0.29, 0.717) is 6.54 Å². The van der Waals surface area contributed by atoms with E-state index < -0.39 is 11.9 Å². The van der Waals surface area contributed by atoms with Gasteiger partial charge in [0.05, 0.1) is 17.7 Å². The molecule has 0 aliphatic rings. The predicted molar refractivity (Wildman–Crippen MR) is 92.1 cm³/mol. The van der Waals surface area contributed by atoms with E-state index in [1.54, 1.807) is 19.1 Å². The fraction of sp³-hybridized carbons (Fsp3) is 0.500. The second-order valence-electron chi connectivity index (χ2n) is 4.65. The molecule has 1 aromatic carbocycles. The van der Waals surface area contributed by atoms with Gasteiger partial charge in [-0.05, 0) is 32.1 Å². The summed E-state index contributed by atoms with van der Waals surface area (Å²) in [6.07, 6.45) is 0. The predicted octanol–water partition coefficient (Wildman–Crippen LogP) is 2.37. The van der Waals surface area contributed by atoms with Crippen LogP contribution in [0.4, 0.5) is 5.69 Å². The summed E-state index contributed by atoms with van der Waals surface area (Å²) in [7, 11) is 0. The lowest BCUT2D eigenvalue weighted by molar-refractivity contribution is 0.0442. The van der Waals surface area contributed by atoms with Gasteiger partial charge in [0.25, 0.3) is 0 Å². The van der Waals surface area contributed by atoms with E-state index in [0.717, 1.165) is 13.1 Å². The lowest BCUT2D eigenvalue weighted by Crippen LogP contribution is -2.28. The van der Waals surface area contributed by atoms with E-state index >= 15 is 0 Å². The minimum absolute atomic E-state index is 0. The Hall–Kier alpha value is -1.79. The highest BCUT2D eigenvalue weighted by atomic mass is 35.5. The van der Waals surface area contributed by atoms with Crippen molar-refractivity contribution in [1.82, 2.24) is 4.90 Å². The van der Waals surface area contributed by atoms with Crippen molar-refractivity contribution in [3.63, 3.8) is 0 Å². The van der Waals surface area contributed by atoms with Gasteiger partial charge in [-0.15, -0.1) is 12.4 Å². The van der Waals surface area contributed by atoms with E-state index in [1.807, 2.05) is 13.8 Å². The highest BCUT2D eigenvalue weighted by molar-refractivity contribution is 6.06. The third kappa shape index (κ3) is 6.08. The van der Waals surface area contributed by atoms with Gasteiger partial charge in [-0.1, -0.05) is 19.9 Å². The van der Waals surface area contributed by atoms with Crippen molar-refractivity contribution in [3.05, 3.63) is 29.3 Å². The van der Waals surface area contributed by atoms with Gasteiger partial charge in [0, 0.05) is 12.2 Å². The van der Waals surface area contributed by atoms with E-state index in [9.17, 15) is 9.59 Å². The number of carbonyl (C=O) groups excluding carboxylic acids is 2. The van der Waals surface area contributed by atoms with Crippen LogP contribution in [0.2, 0.25) is 0 Å². The molecule has 2 N–H and O–H groups in total. The Bertz CT molecular complexity index is 519. The molecule has 0 unspecified atom stereocenters. The topological polar surface area (TPSA) is 81.9 Å². The Labute approximate surface area is 143 Å². The summed E-state index contributed by atoms with van der Waals surface area (Å²) in [6, 6.07) is 4.67. The summed E-state index contributed by atoms with van der Waals surface area (Å²) in [5.74, 6) is -1.18. The van der Waals surface area contributed by atoms with Crippen LogP contribution >= 0.6 is 12.4 Å². The monoisotopic (exact) mass is 344 g/mol. The van der Waals surface area contributed by atoms with Crippen LogP contribution in [0.1, 0.15) is 41.5 Å². The molecule has 130 valence electrons. The zero-order chi connectivity index (χ0) is 16.5. The van der Waals surface area contributed by atoms with Gasteiger partial charge in [-0.3, -0.25) is 0 Å². The highest BCUT2D eigenvalue weighted by Crippen LogP contribution is 2.19. The molecule has 0 amide bonds. The molecule has 0 heterocycles. The van der Waals surface area contributed by atoms with Crippen LogP contribution in [0, 0.1) is 0 Å². The van der Waals surface area contributed by atoms with Gasteiger partial charge >= 0.3 is 11.9 Å². The normalized spacial score (nSPS) is 10.1. The molecule has 0 bridgehead atoms. The number of anilines is 1. The summed E-state index contributed by atoms with van der Waals surface area (Å²) in [6.45, 7) is 8.66. The Kier molecular flexibility index (Phi) is 10.0. The standard InChI is InChI=1S/C16H24N2O4.ClH/c1-4-18(5-2)10-11-22-16(20)14-12(15(19)21-6-3)8-7-9-13(14)17;/h7-9H,4-6,10-11,17H2,1-3H3;1H. The van der Waals surface area contributed by atoms with Crippen LogP contribution in [0.15, 0.2) is 18.2 Å². The molecule has 0 atom stereocenters. The molecule has 1 rings (SSSR count). The van der Waals surface area contributed by atoms with Gasteiger partial charge in [-0.2, -0.15) is 0 Å². The first-order valence-corrected chi connectivity index (χ1v) is 7.50. The molecular weight excluding hydrogens is 320 g/mol. The molecule has 6 nitrogen and oxygen atoms in total. The van der Waals surface area contributed by atoms with E-state index in [-0.39, 0.29) is 42.4 Å². The molecule has 0 radical (unpaired) electrons. The molecule has 0 spiro atoms. The van der Waals surface area contributed by atoms with Crippen molar-refractivity contribution < 1.29 is 19.1 Å². The van der Waals surface area contributed by atoms with Gasteiger partial charge in [0.15, 0.2) is 0 Å². The average molecular weight is 345 g/mol. The maximum Gasteiger partial charge on any atom is 0.341 e. The fourth-order valence-corrected chi connectivity index (χ4v) is 2.06. The van der Waals surface area contributed by atoms with Gasteiger partial charge in [0.2, 0.25) is 0 Å². The van der Waals surface area contributed by atoms with Gasteiger partial charge in [-0.25, -0.2) is 9.59 Å². The summed E-state index contributed by atoms with van der Waals surface area (Å²) in [4.78, 5) is 26.3. The number of halogens is 1. The smallest absolute Gasteiger partial charge is 0.341 e. The second kappa shape index (κ2) is 10.9. The molecule has 23 heavy (non-hydrogen) atoms. The Morgan fingerprint density at radius 3 is 2.30 bits per heavy atom. The van der Waals surface area contributed by atoms with Crippen molar-refractivity contribution in [2.45, 2.75) is 20.8 Å². The second-order valence-corrected chi connectivity index (χ2v) is 4.65. The van der Waals surface area contributed by atoms with Crippen LogP contribution < -0.4 is 5.73 Å². The summed E-state index contributed by atoms with van der Waals surface area (Å²) >= 11 is 0. The van der Waals surface area contributed by atoms with Crippen LogP contribution in [0.3, 0.4) is 0 Å². The molecule has 0 fully saturated rings. The van der Waals surface area contributed by atoms with Crippen LogP contribution in [0.5, 0.6) is 0 Å². The van der Waals surface area contributed by atoms with Crippen molar-refractivity contribution in [2.75, 3.05) is 38.6 Å². The largest absolute Gasteiger partial charge is 0.462 e. The molecule has 0 aliphatic carbocycles. The number of nitrogens with two attached hydrogens (primary N) is 1. The zero-order valence-corrected chi connectivity index (χ0v) is 14.6. The maximum absolute atomic E-state index is 12.2. The van der Waals surface area contributed by atoms with Crippen molar-refractivity contribution in [1.29, 1.82) is 0 Å². The Morgan fingerprint density at radius 1 is 1.09 bits per heavy atom. The number of rotatable bonds is 8. The lowest BCUT2D eigenvalue weighted by Gasteiger charge is -2.18. The maximum atomic E-state index is 12.2. The number of ether oxygens (including phenoxy) is 2. The number of nitrogens with zero attached hydrogens (tertiary/aromatic N) is 1. The first kappa shape index (κ1) is 21.2.